The molecule has 23 heavy (non-hydrogen) atoms. The van der Waals surface area contributed by atoms with Crippen LogP contribution in [0.2, 0.25) is 0 Å². The molecule has 0 aromatic heterocycles. The summed E-state index contributed by atoms with van der Waals surface area (Å²) in [6.45, 7) is 2.16. The lowest BCUT2D eigenvalue weighted by atomic mass is 10.1. The highest BCUT2D eigenvalue weighted by Crippen LogP contribution is 2.06. The number of hydrogen-bond donors (Lipinski definition) is 2. The summed E-state index contributed by atoms with van der Waals surface area (Å²) < 4.78 is 0. The van der Waals surface area contributed by atoms with Crippen LogP contribution in [0.5, 0.6) is 0 Å². The largest absolute Gasteiger partial charge is 0.481 e. The predicted octanol–water partition coefficient (Wildman–Crippen LogP) is 4.97. The lowest BCUT2D eigenvalue weighted by Gasteiger charge is -2.03. The van der Waals surface area contributed by atoms with Gasteiger partial charge < -0.3 is 10.2 Å². The van der Waals surface area contributed by atoms with Gasteiger partial charge in [-0.3, -0.25) is 4.79 Å². The van der Waals surface area contributed by atoms with E-state index in [1.807, 2.05) is 30.0 Å². The number of thioether (sulfide) groups is 1. The Morgan fingerprint density at radius 1 is 1.09 bits per heavy atom. The Bertz CT molecular complexity index is 362. The molecule has 0 spiro atoms. The fourth-order valence-electron chi connectivity index (χ4n) is 1.94. The highest BCUT2D eigenvalue weighted by molar-refractivity contribution is 7.99. The second kappa shape index (κ2) is 17.4. The average Bonchev–Trinajstić information content (AvgIpc) is 2.51. The quantitative estimate of drug-likeness (QED) is 0.251. The molecular weight excluding hydrogens is 308 g/mol. The van der Waals surface area contributed by atoms with E-state index in [0.29, 0.717) is 0 Å². The van der Waals surface area contributed by atoms with Crippen molar-refractivity contribution >= 4 is 17.7 Å². The minimum Gasteiger partial charge on any atom is -0.481 e. The number of unbranched alkanes of at least 4 members (excludes halogenated alkanes) is 3. The number of hydrogen-bond acceptors (Lipinski definition) is 3. The predicted molar refractivity (Wildman–Crippen MR) is 101 cm³/mol. The third kappa shape index (κ3) is 19.0. The molecule has 0 saturated heterocycles. The minimum atomic E-state index is -0.719. The summed E-state index contributed by atoms with van der Waals surface area (Å²) in [5, 5.41) is 18.2. The molecule has 0 bridgehead atoms. The Labute approximate surface area is 145 Å². The van der Waals surface area contributed by atoms with Crippen molar-refractivity contribution < 1.29 is 15.0 Å². The van der Waals surface area contributed by atoms with Crippen molar-refractivity contribution in [1.82, 2.24) is 0 Å². The van der Waals surface area contributed by atoms with Crippen LogP contribution in [0.3, 0.4) is 0 Å². The summed E-state index contributed by atoms with van der Waals surface area (Å²) in [6, 6.07) is 0. The normalized spacial score (nSPS) is 13.5. The Morgan fingerprint density at radius 2 is 1.87 bits per heavy atom. The van der Waals surface area contributed by atoms with Gasteiger partial charge in [-0.25, -0.2) is 0 Å². The van der Waals surface area contributed by atoms with Crippen LogP contribution in [0.25, 0.3) is 0 Å². The van der Waals surface area contributed by atoms with Crippen molar-refractivity contribution in [3.05, 3.63) is 36.5 Å². The van der Waals surface area contributed by atoms with E-state index in [-0.39, 0.29) is 12.5 Å². The van der Waals surface area contributed by atoms with E-state index < -0.39 is 5.97 Å². The van der Waals surface area contributed by atoms with Crippen molar-refractivity contribution in [3.8, 4) is 0 Å². The first-order valence-corrected chi connectivity index (χ1v) is 9.78. The Morgan fingerprint density at radius 3 is 2.61 bits per heavy atom. The molecule has 1 atom stereocenters. The zero-order chi connectivity index (χ0) is 17.2. The van der Waals surface area contributed by atoms with Gasteiger partial charge in [0.25, 0.3) is 0 Å². The summed E-state index contributed by atoms with van der Waals surface area (Å²) in [6.07, 6.45) is 18.9. The molecule has 0 aliphatic rings. The van der Waals surface area contributed by atoms with Gasteiger partial charge in [0.05, 0.1) is 6.10 Å². The minimum absolute atomic E-state index is 0.255. The van der Waals surface area contributed by atoms with Gasteiger partial charge in [0.2, 0.25) is 0 Å². The Balaban J connectivity index is 3.43. The van der Waals surface area contributed by atoms with E-state index in [2.05, 4.69) is 25.2 Å². The smallest absolute Gasteiger partial charge is 0.303 e. The number of carboxylic acid groups (broad SMARTS) is 1. The summed E-state index contributed by atoms with van der Waals surface area (Å²) in [7, 11) is 0. The summed E-state index contributed by atoms with van der Waals surface area (Å²) in [5.41, 5.74) is 0. The average molecular weight is 341 g/mol. The molecule has 132 valence electrons. The molecule has 0 aliphatic heterocycles. The van der Waals surface area contributed by atoms with Crippen LogP contribution in [0.15, 0.2) is 36.5 Å². The number of carboxylic acids is 1. The van der Waals surface area contributed by atoms with Crippen LogP contribution in [0.4, 0.5) is 0 Å². The van der Waals surface area contributed by atoms with Crippen LogP contribution in [0.1, 0.15) is 58.3 Å². The van der Waals surface area contributed by atoms with E-state index in [9.17, 15) is 9.90 Å². The SMILES string of the molecule is CCCCC[C@H](O)C=CC=CCSCCC=CCCCC(=O)O. The van der Waals surface area contributed by atoms with Crippen LogP contribution >= 0.6 is 11.8 Å². The monoisotopic (exact) mass is 340 g/mol. The van der Waals surface area contributed by atoms with Gasteiger partial charge in [0.1, 0.15) is 0 Å². The first-order chi connectivity index (χ1) is 11.2. The second-order valence-electron chi connectivity index (χ2n) is 5.50. The van der Waals surface area contributed by atoms with E-state index in [0.717, 1.165) is 43.6 Å². The molecule has 0 aromatic rings. The third-order valence-electron chi connectivity index (χ3n) is 3.25. The zero-order valence-electron chi connectivity index (χ0n) is 14.3. The van der Waals surface area contributed by atoms with Gasteiger partial charge in [0, 0.05) is 12.2 Å². The van der Waals surface area contributed by atoms with Crippen molar-refractivity contribution in [2.45, 2.75) is 64.4 Å². The van der Waals surface area contributed by atoms with Gasteiger partial charge in [-0.05, 0) is 31.4 Å². The lowest BCUT2D eigenvalue weighted by Crippen LogP contribution is -2.00. The maximum atomic E-state index is 10.3. The molecule has 0 amide bonds. The molecule has 0 saturated carbocycles. The fourth-order valence-corrected chi connectivity index (χ4v) is 2.65. The standard InChI is InChI=1S/C19H32O3S/c1-2-3-8-13-18(20)14-9-7-12-17-23-16-11-6-4-5-10-15-19(21)22/h4,6-7,9,12,14,18,20H,2-3,5,8,10-11,13,15-17H2,1H3,(H,21,22)/t18-/m0/s1. The zero-order valence-corrected chi connectivity index (χ0v) is 15.1. The highest BCUT2D eigenvalue weighted by atomic mass is 32.2. The molecule has 0 aliphatic carbocycles. The molecule has 3 nitrogen and oxygen atoms in total. The summed E-state index contributed by atoms with van der Waals surface area (Å²) >= 11 is 1.87. The number of aliphatic hydroxyl groups excluding tert-OH is 1. The molecule has 0 heterocycles. The van der Waals surface area contributed by atoms with Gasteiger partial charge >= 0.3 is 5.97 Å². The number of aliphatic carboxylic acids is 1. The van der Waals surface area contributed by atoms with Crippen LogP contribution in [-0.4, -0.2) is 33.8 Å². The fraction of sp³-hybridized carbons (Fsp3) is 0.632. The van der Waals surface area contributed by atoms with Crippen LogP contribution in [0, 0.1) is 0 Å². The number of carbonyl (C=O) groups is 1. The molecule has 0 radical (unpaired) electrons. The first-order valence-electron chi connectivity index (χ1n) is 8.62. The van der Waals surface area contributed by atoms with E-state index in [4.69, 9.17) is 5.11 Å². The Kier molecular flexibility index (Phi) is 16.6. The van der Waals surface area contributed by atoms with Gasteiger partial charge in [-0.1, -0.05) is 62.6 Å². The summed E-state index contributed by atoms with van der Waals surface area (Å²) in [5.74, 6) is 1.33. The summed E-state index contributed by atoms with van der Waals surface area (Å²) in [4.78, 5) is 10.3. The van der Waals surface area contributed by atoms with E-state index in [1.54, 1.807) is 0 Å². The third-order valence-corrected chi connectivity index (χ3v) is 4.21. The molecular formula is C19H32O3S. The number of aliphatic hydroxyl groups is 1. The second-order valence-corrected chi connectivity index (χ2v) is 6.65. The highest BCUT2D eigenvalue weighted by Gasteiger charge is 1.96. The van der Waals surface area contributed by atoms with E-state index in [1.165, 1.54) is 12.8 Å². The Hall–Kier alpha value is -1.00. The molecule has 4 heteroatoms. The van der Waals surface area contributed by atoms with Crippen molar-refractivity contribution in [2.24, 2.45) is 0 Å². The first kappa shape index (κ1) is 22.0. The maximum Gasteiger partial charge on any atom is 0.303 e. The maximum absolute atomic E-state index is 10.3. The van der Waals surface area contributed by atoms with Gasteiger partial charge in [-0.2, -0.15) is 11.8 Å². The lowest BCUT2D eigenvalue weighted by molar-refractivity contribution is -0.137. The van der Waals surface area contributed by atoms with E-state index >= 15 is 0 Å². The topological polar surface area (TPSA) is 57.5 Å². The molecule has 2 N–H and O–H groups in total. The molecule has 0 aromatic carbocycles. The van der Waals surface area contributed by atoms with Crippen LogP contribution in [-0.2, 0) is 4.79 Å². The molecule has 0 fully saturated rings. The van der Waals surface area contributed by atoms with Crippen molar-refractivity contribution in [1.29, 1.82) is 0 Å². The number of allylic oxidation sites excluding steroid dienone is 4. The van der Waals surface area contributed by atoms with Gasteiger partial charge in [-0.15, -0.1) is 0 Å². The van der Waals surface area contributed by atoms with Gasteiger partial charge in [0.15, 0.2) is 0 Å². The molecule has 0 unspecified atom stereocenters. The van der Waals surface area contributed by atoms with Crippen molar-refractivity contribution in [3.63, 3.8) is 0 Å². The number of rotatable bonds is 15. The molecule has 0 rings (SSSR count). The van der Waals surface area contributed by atoms with Crippen molar-refractivity contribution in [2.75, 3.05) is 11.5 Å². The van der Waals surface area contributed by atoms with Crippen LogP contribution < -0.4 is 0 Å².